The summed E-state index contributed by atoms with van der Waals surface area (Å²) in [6, 6.07) is 0. The Morgan fingerprint density at radius 3 is 2.62 bits per heavy atom. The summed E-state index contributed by atoms with van der Waals surface area (Å²) in [4.78, 5) is 12.1. The minimum atomic E-state index is -0.622. The van der Waals surface area contributed by atoms with E-state index in [4.69, 9.17) is 5.73 Å². The van der Waals surface area contributed by atoms with Gasteiger partial charge in [0.25, 0.3) is 0 Å². The fourth-order valence-corrected chi connectivity index (χ4v) is 2.32. The number of hydrogen-bond donors (Lipinski definition) is 2. The molecular weight excluding hydrogens is 200 g/mol. The van der Waals surface area contributed by atoms with Crippen LogP contribution in [-0.4, -0.2) is 18.0 Å². The van der Waals surface area contributed by atoms with Gasteiger partial charge in [0.2, 0.25) is 5.91 Å². The number of carbonyl (C=O) groups excluding carboxylic acids is 1. The Balaban J connectivity index is 2.52. The smallest absolute Gasteiger partial charge is 0.240 e. The Morgan fingerprint density at radius 1 is 1.50 bits per heavy atom. The van der Waals surface area contributed by atoms with Gasteiger partial charge in [-0.1, -0.05) is 40.5 Å². The molecule has 1 rings (SSSR count). The lowest BCUT2D eigenvalue weighted by Gasteiger charge is -2.36. The number of nitrogens with two attached hydrogens (primary N) is 1. The maximum Gasteiger partial charge on any atom is 0.240 e. The van der Waals surface area contributed by atoms with Crippen molar-refractivity contribution in [1.29, 1.82) is 0 Å². The van der Waals surface area contributed by atoms with Gasteiger partial charge in [0.05, 0.1) is 5.54 Å². The molecule has 2 atom stereocenters. The van der Waals surface area contributed by atoms with Crippen molar-refractivity contribution in [3.8, 4) is 0 Å². The first-order valence-electron chi connectivity index (χ1n) is 6.30. The number of amides is 1. The second kappa shape index (κ2) is 4.74. The molecule has 94 valence electrons. The van der Waals surface area contributed by atoms with E-state index in [0.717, 1.165) is 19.3 Å². The van der Waals surface area contributed by atoms with E-state index in [0.29, 0.717) is 12.5 Å². The van der Waals surface area contributed by atoms with Crippen LogP contribution in [0, 0.1) is 11.3 Å². The fourth-order valence-electron chi connectivity index (χ4n) is 2.32. The Morgan fingerprint density at radius 2 is 2.12 bits per heavy atom. The molecule has 0 bridgehead atoms. The Bertz CT molecular complexity index is 257. The van der Waals surface area contributed by atoms with Crippen molar-refractivity contribution in [3.63, 3.8) is 0 Å². The van der Waals surface area contributed by atoms with Gasteiger partial charge in [-0.2, -0.15) is 0 Å². The molecule has 3 nitrogen and oxygen atoms in total. The molecule has 2 unspecified atom stereocenters. The van der Waals surface area contributed by atoms with E-state index < -0.39 is 5.54 Å². The number of hydrogen-bond acceptors (Lipinski definition) is 2. The van der Waals surface area contributed by atoms with Gasteiger partial charge in [0, 0.05) is 6.54 Å². The number of rotatable bonds is 2. The summed E-state index contributed by atoms with van der Waals surface area (Å²) >= 11 is 0. The lowest BCUT2D eigenvalue weighted by molar-refractivity contribution is -0.128. The van der Waals surface area contributed by atoms with Crippen LogP contribution in [0.25, 0.3) is 0 Å². The molecule has 0 spiro atoms. The zero-order chi connectivity index (χ0) is 12.4. The third-order valence-electron chi connectivity index (χ3n) is 3.26. The van der Waals surface area contributed by atoms with Crippen molar-refractivity contribution in [3.05, 3.63) is 0 Å². The second-order valence-corrected chi connectivity index (χ2v) is 6.60. The molecule has 0 radical (unpaired) electrons. The minimum Gasteiger partial charge on any atom is -0.354 e. The Hall–Kier alpha value is -0.570. The van der Waals surface area contributed by atoms with E-state index >= 15 is 0 Å². The summed E-state index contributed by atoms with van der Waals surface area (Å²) in [5.41, 5.74) is 5.71. The van der Waals surface area contributed by atoms with E-state index in [1.165, 1.54) is 6.42 Å². The molecule has 3 N–H and O–H groups in total. The molecule has 0 heterocycles. The van der Waals surface area contributed by atoms with Crippen molar-refractivity contribution in [2.24, 2.45) is 17.1 Å². The lowest BCUT2D eigenvalue weighted by atomic mass is 9.76. The number of carbonyl (C=O) groups is 1. The van der Waals surface area contributed by atoms with Crippen molar-refractivity contribution >= 4 is 5.91 Å². The highest BCUT2D eigenvalue weighted by Gasteiger charge is 2.37. The molecule has 1 fully saturated rings. The molecule has 16 heavy (non-hydrogen) atoms. The molecule has 0 aliphatic heterocycles. The quantitative estimate of drug-likeness (QED) is 0.757. The molecule has 1 aliphatic carbocycles. The topological polar surface area (TPSA) is 55.1 Å². The fraction of sp³-hybridized carbons (Fsp3) is 0.923. The van der Waals surface area contributed by atoms with Gasteiger partial charge < -0.3 is 11.1 Å². The highest BCUT2D eigenvalue weighted by atomic mass is 16.2. The van der Waals surface area contributed by atoms with E-state index in [-0.39, 0.29) is 11.3 Å². The molecule has 1 saturated carbocycles. The van der Waals surface area contributed by atoms with Crippen LogP contribution in [0.5, 0.6) is 0 Å². The molecule has 0 saturated heterocycles. The maximum atomic E-state index is 12.1. The van der Waals surface area contributed by atoms with Crippen molar-refractivity contribution < 1.29 is 4.79 Å². The molecule has 1 aliphatic rings. The van der Waals surface area contributed by atoms with Gasteiger partial charge in [-0.05, 0) is 24.2 Å². The summed E-state index contributed by atoms with van der Waals surface area (Å²) < 4.78 is 0. The average molecular weight is 226 g/mol. The zero-order valence-electron chi connectivity index (χ0n) is 11.1. The van der Waals surface area contributed by atoms with Crippen LogP contribution in [0.4, 0.5) is 0 Å². The van der Waals surface area contributed by atoms with Crippen LogP contribution in [0.1, 0.15) is 53.4 Å². The van der Waals surface area contributed by atoms with Crippen molar-refractivity contribution in [2.75, 3.05) is 6.54 Å². The van der Waals surface area contributed by atoms with Crippen molar-refractivity contribution in [2.45, 2.75) is 58.9 Å². The van der Waals surface area contributed by atoms with E-state index in [9.17, 15) is 4.79 Å². The van der Waals surface area contributed by atoms with Crippen LogP contribution in [0.3, 0.4) is 0 Å². The second-order valence-electron chi connectivity index (χ2n) is 6.60. The first kappa shape index (κ1) is 13.5. The first-order chi connectivity index (χ1) is 7.23. The predicted octanol–water partition coefficient (Wildman–Crippen LogP) is 2.06. The van der Waals surface area contributed by atoms with Gasteiger partial charge in [-0.3, -0.25) is 4.79 Å². The molecule has 1 amide bonds. The van der Waals surface area contributed by atoms with Crippen LogP contribution < -0.4 is 11.1 Å². The summed E-state index contributed by atoms with van der Waals surface area (Å²) in [7, 11) is 0. The summed E-state index contributed by atoms with van der Waals surface area (Å²) in [6.07, 6.45) is 3.92. The van der Waals surface area contributed by atoms with Crippen LogP contribution in [-0.2, 0) is 4.79 Å². The molecular formula is C13H26N2O. The number of nitrogens with one attached hydrogen (secondary N) is 1. The van der Waals surface area contributed by atoms with Gasteiger partial charge in [0.15, 0.2) is 0 Å². The van der Waals surface area contributed by atoms with Gasteiger partial charge in [0.1, 0.15) is 0 Å². The SMILES string of the molecule is CC1CCCC(N)(C(=O)NCC(C)(C)C)C1. The lowest BCUT2D eigenvalue weighted by Crippen LogP contribution is -2.57. The first-order valence-corrected chi connectivity index (χ1v) is 6.30. The molecule has 0 aromatic heterocycles. The van der Waals surface area contributed by atoms with Crippen LogP contribution in [0.2, 0.25) is 0 Å². The normalized spacial score (nSPS) is 31.2. The van der Waals surface area contributed by atoms with Gasteiger partial charge in [-0.25, -0.2) is 0 Å². The highest BCUT2D eigenvalue weighted by Crippen LogP contribution is 2.30. The summed E-state index contributed by atoms with van der Waals surface area (Å²) in [6.45, 7) is 9.21. The predicted molar refractivity (Wildman–Crippen MR) is 67.0 cm³/mol. The zero-order valence-corrected chi connectivity index (χ0v) is 11.1. The van der Waals surface area contributed by atoms with Crippen molar-refractivity contribution in [1.82, 2.24) is 5.32 Å². The summed E-state index contributed by atoms with van der Waals surface area (Å²) in [5.74, 6) is 0.605. The van der Waals surface area contributed by atoms with Gasteiger partial charge in [-0.15, -0.1) is 0 Å². The maximum absolute atomic E-state index is 12.1. The van der Waals surface area contributed by atoms with E-state index in [1.807, 2.05) is 0 Å². The Labute approximate surface area is 99.2 Å². The van der Waals surface area contributed by atoms with E-state index in [1.54, 1.807) is 0 Å². The Kier molecular flexibility index (Phi) is 4.00. The minimum absolute atomic E-state index is 0.0361. The van der Waals surface area contributed by atoms with Gasteiger partial charge >= 0.3 is 0 Å². The highest BCUT2D eigenvalue weighted by molar-refractivity contribution is 5.86. The molecule has 0 aromatic carbocycles. The monoisotopic (exact) mass is 226 g/mol. The largest absolute Gasteiger partial charge is 0.354 e. The molecule has 0 aromatic rings. The average Bonchev–Trinajstić information content (AvgIpc) is 2.12. The third-order valence-corrected chi connectivity index (χ3v) is 3.26. The van der Waals surface area contributed by atoms with E-state index in [2.05, 4.69) is 33.0 Å². The molecule has 3 heteroatoms. The van der Waals surface area contributed by atoms with Crippen LogP contribution in [0.15, 0.2) is 0 Å². The third kappa shape index (κ3) is 3.78. The van der Waals surface area contributed by atoms with Crippen LogP contribution >= 0.6 is 0 Å². The summed E-state index contributed by atoms with van der Waals surface area (Å²) in [5, 5.41) is 2.99. The standard InChI is InChI=1S/C13H26N2O/c1-10-6-5-7-13(14,8-10)11(16)15-9-12(2,3)4/h10H,5-9,14H2,1-4H3,(H,15,16).